The first-order valence-electron chi connectivity index (χ1n) is 6.36. The van der Waals surface area contributed by atoms with Crippen molar-refractivity contribution in [2.45, 2.75) is 32.0 Å². The smallest absolute Gasteiger partial charge is 0.266 e. The summed E-state index contributed by atoms with van der Waals surface area (Å²) in [6.07, 6.45) is -0.648. The van der Waals surface area contributed by atoms with Gasteiger partial charge in [-0.25, -0.2) is 0 Å². The van der Waals surface area contributed by atoms with E-state index in [9.17, 15) is 19.8 Å². The lowest BCUT2D eigenvalue weighted by Gasteiger charge is -2.39. The molecule has 1 aliphatic rings. The van der Waals surface area contributed by atoms with Crippen molar-refractivity contribution >= 4 is 28.8 Å². The van der Waals surface area contributed by atoms with Crippen LogP contribution in [-0.2, 0) is 4.79 Å². The number of nitrogens with one attached hydrogen (secondary N) is 1. The Kier molecular flexibility index (Phi) is 4.12. The summed E-state index contributed by atoms with van der Waals surface area (Å²) in [6, 6.07) is 1.68. The van der Waals surface area contributed by atoms with Crippen LogP contribution in [-0.4, -0.2) is 51.7 Å². The van der Waals surface area contributed by atoms with E-state index >= 15 is 0 Å². The van der Waals surface area contributed by atoms with Crippen LogP contribution in [0, 0.1) is 0 Å². The zero-order valence-electron chi connectivity index (χ0n) is 11.4. The normalized spacial score (nSPS) is 26.4. The topological polar surface area (TPSA) is 89.9 Å². The van der Waals surface area contributed by atoms with Gasteiger partial charge >= 0.3 is 0 Å². The predicted octanol–water partition coefficient (Wildman–Crippen LogP) is 0.664. The van der Waals surface area contributed by atoms with Crippen LogP contribution in [0.3, 0.4) is 0 Å². The fourth-order valence-corrected chi connectivity index (χ4v) is 2.93. The zero-order chi connectivity index (χ0) is 14.9. The van der Waals surface area contributed by atoms with Gasteiger partial charge in [0.25, 0.3) is 5.91 Å². The summed E-state index contributed by atoms with van der Waals surface area (Å²) >= 11 is 1.24. The van der Waals surface area contributed by atoms with Crippen molar-refractivity contribution < 1.29 is 19.8 Å². The van der Waals surface area contributed by atoms with Crippen LogP contribution >= 0.6 is 11.3 Å². The lowest BCUT2D eigenvalue weighted by Crippen LogP contribution is -2.55. The van der Waals surface area contributed by atoms with E-state index in [2.05, 4.69) is 5.32 Å². The molecule has 3 N–H and O–H groups in total. The van der Waals surface area contributed by atoms with Crippen molar-refractivity contribution in [3.63, 3.8) is 0 Å². The Balaban J connectivity index is 2.13. The molecule has 2 amide bonds. The molecule has 1 aromatic heterocycles. The minimum absolute atomic E-state index is 0.0866. The van der Waals surface area contributed by atoms with E-state index in [-0.39, 0.29) is 18.4 Å². The average molecular weight is 298 g/mol. The molecule has 2 atom stereocenters. The summed E-state index contributed by atoms with van der Waals surface area (Å²) in [4.78, 5) is 25.4. The highest BCUT2D eigenvalue weighted by molar-refractivity contribution is 7.12. The van der Waals surface area contributed by atoms with E-state index in [1.54, 1.807) is 18.4 Å². The quantitative estimate of drug-likeness (QED) is 0.748. The largest absolute Gasteiger partial charge is 0.388 e. The van der Waals surface area contributed by atoms with E-state index in [4.69, 9.17) is 0 Å². The molecule has 0 unspecified atom stereocenters. The summed E-state index contributed by atoms with van der Waals surface area (Å²) in [6.45, 7) is 3.41. The van der Waals surface area contributed by atoms with Crippen LogP contribution in [0.4, 0.5) is 5.69 Å². The van der Waals surface area contributed by atoms with Gasteiger partial charge in [-0.15, -0.1) is 11.3 Å². The molecule has 2 heterocycles. The highest BCUT2D eigenvalue weighted by Gasteiger charge is 2.38. The second-order valence-electron chi connectivity index (χ2n) is 5.22. The van der Waals surface area contributed by atoms with E-state index in [1.807, 2.05) is 0 Å². The number of carbonyl (C=O) groups excluding carboxylic acids is 2. The SMILES string of the molecule is CC(=O)Nc1ccsc1C(=O)N1CC[C@@](C)(O)[C@@H](O)C1. The number of nitrogens with zero attached hydrogens (tertiary/aromatic N) is 1. The van der Waals surface area contributed by atoms with Crippen molar-refractivity contribution in [3.05, 3.63) is 16.3 Å². The number of aliphatic hydroxyl groups is 2. The molecule has 20 heavy (non-hydrogen) atoms. The minimum atomic E-state index is -1.16. The molecule has 0 aromatic carbocycles. The maximum Gasteiger partial charge on any atom is 0.266 e. The van der Waals surface area contributed by atoms with Crippen LogP contribution in [0.25, 0.3) is 0 Å². The van der Waals surface area contributed by atoms with E-state index in [1.165, 1.54) is 23.2 Å². The number of amides is 2. The number of thiophene rings is 1. The number of hydrogen-bond donors (Lipinski definition) is 3. The molecule has 1 fully saturated rings. The lowest BCUT2D eigenvalue weighted by atomic mass is 9.91. The molecule has 0 spiro atoms. The van der Waals surface area contributed by atoms with E-state index in [0.29, 0.717) is 23.5 Å². The Morgan fingerprint density at radius 2 is 2.25 bits per heavy atom. The molecular formula is C13H18N2O4S. The third kappa shape index (κ3) is 3.00. The first kappa shape index (κ1) is 15.0. The fraction of sp³-hybridized carbons (Fsp3) is 0.538. The van der Waals surface area contributed by atoms with Crippen molar-refractivity contribution in [2.75, 3.05) is 18.4 Å². The third-order valence-corrected chi connectivity index (χ3v) is 4.36. The molecule has 7 heteroatoms. The Hall–Kier alpha value is -1.44. The summed E-state index contributed by atoms with van der Waals surface area (Å²) in [5.74, 6) is -0.475. The highest BCUT2D eigenvalue weighted by atomic mass is 32.1. The molecule has 0 radical (unpaired) electrons. The molecule has 1 aliphatic heterocycles. The van der Waals surface area contributed by atoms with Gasteiger partial charge in [-0.1, -0.05) is 0 Å². The molecular weight excluding hydrogens is 280 g/mol. The summed E-state index contributed by atoms with van der Waals surface area (Å²) in [7, 11) is 0. The van der Waals surface area contributed by atoms with Crippen LogP contribution in [0.5, 0.6) is 0 Å². The van der Waals surface area contributed by atoms with Gasteiger partial charge in [-0.2, -0.15) is 0 Å². The monoisotopic (exact) mass is 298 g/mol. The number of carbonyl (C=O) groups is 2. The Labute approximate surface area is 121 Å². The summed E-state index contributed by atoms with van der Waals surface area (Å²) in [5.41, 5.74) is -0.675. The Morgan fingerprint density at radius 1 is 1.55 bits per heavy atom. The van der Waals surface area contributed by atoms with Gasteiger partial charge in [-0.05, 0) is 24.8 Å². The number of aliphatic hydroxyl groups excluding tert-OH is 1. The molecule has 110 valence electrons. The van der Waals surface area contributed by atoms with Gasteiger partial charge in [0, 0.05) is 20.0 Å². The summed E-state index contributed by atoms with van der Waals surface area (Å²) < 4.78 is 0. The van der Waals surface area contributed by atoms with Gasteiger partial charge in [0.15, 0.2) is 0 Å². The van der Waals surface area contributed by atoms with Gasteiger partial charge in [0.1, 0.15) is 4.88 Å². The molecule has 1 saturated heterocycles. The molecule has 1 aromatic rings. The van der Waals surface area contributed by atoms with Crippen molar-refractivity contribution in [1.29, 1.82) is 0 Å². The first-order valence-corrected chi connectivity index (χ1v) is 7.24. The maximum atomic E-state index is 12.4. The first-order chi connectivity index (χ1) is 9.31. The van der Waals surface area contributed by atoms with Crippen molar-refractivity contribution in [1.82, 2.24) is 4.90 Å². The number of β-amino-alcohol motifs (C(OH)–C–C–N with tert-alkyl or cyclic N) is 1. The van der Waals surface area contributed by atoms with Crippen LogP contribution < -0.4 is 5.32 Å². The minimum Gasteiger partial charge on any atom is -0.388 e. The van der Waals surface area contributed by atoms with E-state index < -0.39 is 11.7 Å². The maximum absolute atomic E-state index is 12.4. The van der Waals surface area contributed by atoms with E-state index in [0.717, 1.165) is 0 Å². The third-order valence-electron chi connectivity index (χ3n) is 3.46. The fourth-order valence-electron chi connectivity index (χ4n) is 2.12. The molecule has 0 bridgehead atoms. The number of piperidine rings is 1. The van der Waals surface area contributed by atoms with Crippen molar-refractivity contribution in [3.8, 4) is 0 Å². The lowest BCUT2D eigenvalue weighted by molar-refractivity contribution is -0.114. The van der Waals surface area contributed by atoms with Gasteiger partial charge in [-0.3, -0.25) is 9.59 Å². The van der Waals surface area contributed by atoms with Gasteiger partial charge in [0.2, 0.25) is 5.91 Å². The average Bonchev–Trinajstić information content (AvgIpc) is 2.79. The highest BCUT2D eigenvalue weighted by Crippen LogP contribution is 2.28. The van der Waals surface area contributed by atoms with Crippen molar-refractivity contribution in [2.24, 2.45) is 0 Å². The van der Waals surface area contributed by atoms with Crippen LogP contribution in [0.2, 0.25) is 0 Å². The standard InChI is InChI=1S/C13H18N2O4S/c1-8(16)14-9-3-6-20-11(9)12(18)15-5-4-13(2,19)10(17)7-15/h3,6,10,17,19H,4-5,7H2,1-2H3,(H,14,16)/t10-,13+/m0/s1. The molecule has 2 rings (SSSR count). The zero-order valence-corrected chi connectivity index (χ0v) is 12.2. The number of likely N-dealkylation sites (tertiary alicyclic amines) is 1. The number of rotatable bonds is 2. The van der Waals surface area contributed by atoms with Gasteiger partial charge < -0.3 is 20.4 Å². The Bertz CT molecular complexity index is 526. The van der Waals surface area contributed by atoms with Gasteiger partial charge in [0.05, 0.1) is 17.4 Å². The molecule has 0 aliphatic carbocycles. The molecule has 6 nitrogen and oxygen atoms in total. The second-order valence-corrected chi connectivity index (χ2v) is 6.13. The predicted molar refractivity (Wildman–Crippen MR) is 75.8 cm³/mol. The second kappa shape index (κ2) is 5.51. The summed E-state index contributed by atoms with van der Waals surface area (Å²) in [5, 5.41) is 24.1. The van der Waals surface area contributed by atoms with Crippen LogP contribution in [0.15, 0.2) is 11.4 Å². The number of hydrogen-bond acceptors (Lipinski definition) is 5. The molecule has 0 saturated carbocycles. The number of anilines is 1. The van der Waals surface area contributed by atoms with Crippen LogP contribution in [0.1, 0.15) is 29.9 Å². The Morgan fingerprint density at radius 3 is 2.85 bits per heavy atom.